The van der Waals surface area contributed by atoms with Gasteiger partial charge in [0, 0.05) is 12.1 Å². The fourth-order valence-corrected chi connectivity index (χ4v) is 3.85. The van der Waals surface area contributed by atoms with Gasteiger partial charge in [0.05, 0.1) is 0 Å². The number of carbonyl (C=O) groups is 3. The summed E-state index contributed by atoms with van der Waals surface area (Å²) in [5.41, 5.74) is 1.42. The smallest absolute Gasteiger partial charge is 0.418 e. The minimum atomic E-state index is -1.46. The lowest BCUT2D eigenvalue weighted by Crippen LogP contribution is -2.43. The monoisotopic (exact) mass is 416 g/mol. The van der Waals surface area contributed by atoms with Crippen molar-refractivity contribution in [2.24, 2.45) is 0 Å². The number of hydrogen-bond acceptors (Lipinski definition) is 4. The van der Waals surface area contributed by atoms with E-state index >= 15 is 0 Å². The number of benzene rings is 3. The number of hydrogen-bond donors (Lipinski definition) is 1. The summed E-state index contributed by atoms with van der Waals surface area (Å²) in [6.07, 6.45) is -0.138. The normalized spacial score (nSPS) is 18.3. The third-order valence-corrected chi connectivity index (χ3v) is 5.74. The van der Waals surface area contributed by atoms with Crippen LogP contribution in [0.1, 0.15) is 23.6 Å². The summed E-state index contributed by atoms with van der Waals surface area (Å²) in [5.74, 6) is -0.941. The molecule has 1 aliphatic rings. The number of fused-ring (bicyclic) bond motifs is 1. The summed E-state index contributed by atoms with van der Waals surface area (Å²) < 4.78 is 5.46. The van der Waals surface area contributed by atoms with Crippen LogP contribution in [0.4, 0.5) is 4.79 Å². The van der Waals surface area contributed by atoms with Crippen LogP contribution in [0.2, 0.25) is 0 Å². The minimum Gasteiger partial charge on any atom is -0.428 e. The molecule has 0 spiro atoms. The molecule has 1 fully saturated rings. The second-order valence-electron chi connectivity index (χ2n) is 7.88. The Hall–Kier alpha value is -3.67. The SMILES string of the molecule is Cc1ccccc1CCNC(=O)CN1C(=O)OC(C)(c2ccc3ccccc3c2)C1=O. The highest BCUT2D eigenvalue weighted by Crippen LogP contribution is 2.35. The molecule has 158 valence electrons. The first-order valence-corrected chi connectivity index (χ1v) is 10.2. The van der Waals surface area contributed by atoms with Crippen LogP contribution in [0.5, 0.6) is 0 Å². The van der Waals surface area contributed by atoms with E-state index in [0.29, 0.717) is 18.5 Å². The van der Waals surface area contributed by atoms with Crippen molar-refractivity contribution in [2.75, 3.05) is 13.1 Å². The maximum absolute atomic E-state index is 13.0. The number of nitrogens with zero attached hydrogens (tertiary/aromatic N) is 1. The number of amides is 3. The van der Waals surface area contributed by atoms with Crippen molar-refractivity contribution in [3.63, 3.8) is 0 Å². The van der Waals surface area contributed by atoms with Crippen molar-refractivity contribution in [3.8, 4) is 0 Å². The molecular formula is C25H24N2O4. The number of aryl methyl sites for hydroxylation is 1. The zero-order chi connectivity index (χ0) is 22.0. The molecule has 0 radical (unpaired) electrons. The Morgan fingerprint density at radius 1 is 1.00 bits per heavy atom. The molecular weight excluding hydrogens is 392 g/mol. The number of nitrogens with one attached hydrogen (secondary N) is 1. The Morgan fingerprint density at radius 3 is 2.48 bits per heavy atom. The lowest BCUT2D eigenvalue weighted by atomic mass is 9.93. The van der Waals surface area contributed by atoms with Crippen LogP contribution in [-0.4, -0.2) is 35.9 Å². The number of cyclic esters (lactones) is 1. The summed E-state index contributed by atoms with van der Waals surface area (Å²) in [7, 11) is 0. The first-order chi connectivity index (χ1) is 14.9. The average Bonchev–Trinajstić information content (AvgIpc) is 2.98. The maximum atomic E-state index is 13.0. The zero-order valence-corrected chi connectivity index (χ0v) is 17.6. The van der Waals surface area contributed by atoms with Gasteiger partial charge < -0.3 is 10.1 Å². The van der Waals surface area contributed by atoms with Crippen LogP contribution in [0.15, 0.2) is 66.7 Å². The van der Waals surface area contributed by atoms with E-state index in [2.05, 4.69) is 5.32 Å². The van der Waals surface area contributed by atoms with Crippen molar-refractivity contribution in [3.05, 3.63) is 83.4 Å². The fourth-order valence-electron chi connectivity index (χ4n) is 3.85. The molecule has 1 N–H and O–H groups in total. The Kier molecular flexibility index (Phi) is 5.46. The predicted octanol–water partition coefficient (Wildman–Crippen LogP) is 3.70. The van der Waals surface area contributed by atoms with Crippen LogP contribution in [0.3, 0.4) is 0 Å². The van der Waals surface area contributed by atoms with Gasteiger partial charge in [0.25, 0.3) is 5.91 Å². The number of imide groups is 1. The van der Waals surface area contributed by atoms with Gasteiger partial charge >= 0.3 is 6.09 Å². The molecule has 6 heteroatoms. The molecule has 0 saturated carbocycles. The standard InChI is InChI=1S/C25H24N2O4/c1-17-7-3-4-8-18(17)13-14-26-22(28)16-27-23(29)25(2,31-24(27)30)21-12-11-19-9-5-6-10-20(19)15-21/h3-12,15H,13-14,16H2,1-2H3,(H,26,28). The quantitative estimate of drug-likeness (QED) is 0.665. The molecule has 1 heterocycles. The molecule has 1 atom stereocenters. The van der Waals surface area contributed by atoms with E-state index in [1.807, 2.05) is 67.6 Å². The van der Waals surface area contributed by atoms with Crippen molar-refractivity contribution in [2.45, 2.75) is 25.9 Å². The van der Waals surface area contributed by atoms with Gasteiger partial charge in [-0.25, -0.2) is 9.69 Å². The van der Waals surface area contributed by atoms with Crippen molar-refractivity contribution in [1.82, 2.24) is 10.2 Å². The van der Waals surface area contributed by atoms with E-state index in [1.54, 1.807) is 13.0 Å². The molecule has 1 unspecified atom stereocenters. The van der Waals surface area contributed by atoms with Gasteiger partial charge in [-0.2, -0.15) is 0 Å². The topological polar surface area (TPSA) is 75.7 Å². The Labute approximate surface area is 180 Å². The van der Waals surface area contributed by atoms with Gasteiger partial charge in [0.2, 0.25) is 11.5 Å². The molecule has 1 aliphatic heterocycles. The van der Waals surface area contributed by atoms with Crippen molar-refractivity contribution >= 4 is 28.7 Å². The van der Waals surface area contributed by atoms with E-state index in [1.165, 1.54) is 0 Å². The van der Waals surface area contributed by atoms with Gasteiger partial charge in [-0.1, -0.05) is 60.7 Å². The molecule has 0 bridgehead atoms. The maximum Gasteiger partial charge on any atom is 0.418 e. The van der Waals surface area contributed by atoms with Gasteiger partial charge in [-0.3, -0.25) is 9.59 Å². The molecule has 4 rings (SSSR count). The Morgan fingerprint density at radius 2 is 1.71 bits per heavy atom. The van der Waals surface area contributed by atoms with Crippen molar-refractivity contribution in [1.29, 1.82) is 0 Å². The molecule has 0 aromatic heterocycles. The van der Waals surface area contributed by atoms with Gasteiger partial charge in [0.15, 0.2) is 0 Å². The van der Waals surface area contributed by atoms with E-state index < -0.39 is 23.5 Å². The Bertz CT molecular complexity index is 1170. The molecule has 31 heavy (non-hydrogen) atoms. The first kappa shape index (κ1) is 20.6. The van der Waals surface area contributed by atoms with Gasteiger partial charge in [-0.05, 0) is 48.2 Å². The minimum absolute atomic E-state index is 0.366. The second kappa shape index (κ2) is 8.22. The van der Waals surface area contributed by atoms with E-state index in [4.69, 9.17) is 4.74 Å². The molecule has 0 aliphatic carbocycles. The number of ether oxygens (including phenoxy) is 1. The third kappa shape index (κ3) is 4.01. The highest BCUT2D eigenvalue weighted by molar-refractivity contribution is 6.05. The molecule has 6 nitrogen and oxygen atoms in total. The third-order valence-electron chi connectivity index (χ3n) is 5.74. The second-order valence-corrected chi connectivity index (χ2v) is 7.88. The summed E-state index contributed by atoms with van der Waals surface area (Å²) in [6, 6.07) is 21.2. The van der Waals surface area contributed by atoms with Gasteiger partial charge in [0.1, 0.15) is 6.54 Å². The van der Waals surface area contributed by atoms with Crippen LogP contribution < -0.4 is 5.32 Å². The van der Waals surface area contributed by atoms with E-state index in [-0.39, 0.29) is 6.54 Å². The lowest BCUT2D eigenvalue weighted by molar-refractivity contribution is -0.138. The van der Waals surface area contributed by atoms with Crippen molar-refractivity contribution < 1.29 is 19.1 Å². The summed E-state index contributed by atoms with van der Waals surface area (Å²) in [6.45, 7) is 3.63. The fraction of sp³-hybridized carbons (Fsp3) is 0.240. The average molecular weight is 416 g/mol. The highest BCUT2D eigenvalue weighted by atomic mass is 16.6. The predicted molar refractivity (Wildman–Crippen MR) is 117 cm³/mol. The number of rotatable bonds is 6. The van der Waals surface area contributed by atoms with Crippen LogP contribution in [0.25, 0.3) is 10.8 Å². The highest BCUT2D eigenvalue weighted by Gasteiger charge is 2.52. The van der Waals surface area contributed by atoms with E-state index in [0.717, 1.165) is 26.8 Å². The summed E-state index contributed by atoms with van der Waals surface area (Å²) in [5, 5.41) is 4.74. The zero-order valence-electron chi connectivity index (χ0n) is 17.6. The van der Waals surface area contributed by atoms with Crippen LogP contribution in [0, 0.1) is 6.92 Å². The first-order valence-electron chi connectivity index (χ1n) is 10.2. The van der Waals surface area contributed by atoms with Gasteiger partial charge in [-0.15, -0.1) is 0 Å². The summed E-state index contributed by atoms with van der Waals surface area (Å²) in [4.78, 5) is 38.7. The lowest BCUT2D eigenvalue weighted by Gasteiger charge is -2.21. The molecule has 3 aromatic rings. The van der Waals surface area contributed by atoms with Crippen LogP contribution in [-0.2, 0) is 26.3 Å². The number of carbonyl (C=O) groups excluding carboxylic acids is 3. The summed E-state index contributed by atoms with van der Waals surface area (Å²) >= 11 is 0. The molecule has 1 saturated heterocycles. The van der Waals surface area contributed by atoms with Crippen LogP contribution >= 0.6 is 0 Å². The Balaban J connectivity index is 1.42. The molecule has 3 aromatic carbocycles. The largest absolute Gasteiger partial charge is 0.428 e. The van der Waals surface area contributed by atoms with E-state index in [9.17, 15) is 14.4 Å². The molecule has 3 amide bonds.